The standard InChI is InChI=1S/C19H20N2O4S/c1-13-6-4-5-7-17(13)24-8-9-26-19-21-20-18(25-19)14-10-15(22-2)12-16(11-14)23-3/h4-7,10-12H,8-9H2,1-3H3. The average molecular weight is 372 g/mol. The van der Waals surface area contributed by atoms with Gasteiger partial charge in [-0.2, -0.15) is 0 Å². The van der Waals surface area contributed by atoms with Crippen molar-refractivity contribution in [1.29, 1.82) is 0 Å². The van der Waals surface area contributed by atoms with Gasteiger partial charge in [0.2, 0.25) is 5.89 Å². The Kier molecular flexibility index (Phi) is 6.01. The van der Waals surface area contributed by atoms with Gasteiger partial charge >= 0.3 is 0 Å². The molecule has 0 N–H and O–H groups in total. The van der Waals surface area contributed by atoms with Gasteiger partial charge < -0.3 is 18.6 Å². The summed E-state index contributed by atoms with van der Waals surface area (Å²) in [5, 5.41) is 8.67. The number of benzene rings is 2. The number of rotatable bonds is 8. The number of aryl methyl sites for hydroxylation is 1. The van der Waals surface area contributed by atoms with Crippen LogP contribution in [0.5, 0.6) is 17.2 Å². The molecule has 0 aliphatic heterocycles. The first-order valence-corrected chi connectivity index (χ1v) is 9.06. The molecule has 136 valence electrons. The Hall–Kier alpha value is -2.67. The van der Waals surface area contributed by atoms with Crippen LogP contribution in [0.1, 0.15) is 5.56 Å². The molecule has 0 saturated carbocycles. The minimum absolute atomic E-state index is 0.421. The Morgan fingerprint density at radius 2 is 1.73 bits per heavy atom. The van der Waals surface area contributed by atoms with E-state index in [0.717, 1.165) is 16.9 Å². The lowest BCUT2D eigenvalue weighted by molar-refractivity contribution is 0.341. The van der Waals surface area contributed by atoms with Crippen molar-refractivity contribution in [1.82, 2.24) is 10.2 Å². The molecule has 0 bridgehead atoms. The lowest BCUT2D eigenvalue weighted by Gasteiger charge is -2.07. The van der Waals surface area contributed by atoms with Gasteiger partial charge in [0.15, 0.2) is 0 Å². The Morgan fingerprint density at radius 1 is 1.00 bits per heavy atom. The molecule has 2 aromatic carbocycles. The van der Waals surface area contributed by atoms with Gasteiger partial charge in [0.05, 0.1) is 20.8 Å². The van der Waals surface area contributed by atoms with Crippen molar-refractivity contribution < 1.29 is 18.6 Å². The zero-order valence-electron chi connectivity index (χ0n) is 14.9. The second kappa shape index (κ2) is 8.62. The third-order valence-corrected chi connectivity index (χ3v) is 4.45. The van der Waals surface area contributed by atoms with Gasteiger partial charge in [-0.3, -0.25) is 0 Å². The maximum atomic E-state index is 5.77. The molecule has 6 nitrogen and oxygen atoms in total. The van der Waals surface area contributed by atoms with Crippen molar-refractivity contribution >= 4 is 11.8 Å². The lowest BCUT2D eigenvalue weighted by atomic mass is 10.2. The molecular formula is C19H20N2O4S. The van der Waals surface area contributed by atoms with Crippen LogP contribution in [0, 0.1) is 6.92 Å². The predicted octanol–water partition coefficient (Wildman–Crippen LogP) is 4.23. The first-order valence-electron chi connectivity index (χ1n) is 8.08. The molecule has 0 atom stereocenters. The fraction of sp³-hybridized carbons (Fsp3) is 0.263. The van der Waals surface area contributed by atoms with Crippen molar-refractivity contribution in [3.05, 3.63) is 48.0 Å². The SMILES string of the molecule is COc1cc(OC)cc(-c2nnc(SCCOc3ccccc3C)o2)c1. The maximum Gasteiger partial charge on any atom is 0.276 e. The number of hydrogen-bond donors (Lipinski definition) is 0. The third kappa shape index (κ3) is 4.49. The molecule has 0 unspecified atom stereocenters. The van der Waals surface area contributed by atoms with Crippen molar-refractivity contribution in [2.24, 2.45) is 0 Å². The number of aromatic nitrogens is 2. The van der Waals surface area contributed by atoms with Gasteiger partial charge in [-0.15, -0.1) is 10.2 Å². The molecule has 0 saturated heterocycles. The molecule has 0 amide bonds. The maximum absolute atomic E-state index is 5.77. The smallest absolute Gasteiger partial charge is 0.276 e. The van der Waals surface area contributed by atoms with Crippen LogP contribution >= 0.6 is 11.8 Å². The molecule has 0 spiro atoms. The molecule has 3 aromatic rings. The molecule has 7 heteroatoms. The summed E-state index contributed by atoms with van der Waals surface area (Å²) in [6.45, 7) is 2.58. The minimum atomic E-state index is 0.421. The number of thioether (sulfide) groups is 1. The van der Waals surface area contributed by atoms with Crippen LogP contribution in [0.4, 0.5) is 0 Å². The fourth-order valence-electron chi connectivity index (χ4n) is 2.31. The van der Waals surface area contributed by atoms with E-state index >= 15 is 0 Å². The number of methoxy groups -OCH3 is 2. The quantitative estimate of drug-likeness (QED) is 0.433. The molecule has 0 aliphatic carbocycles. The number of nitrogens with zero attached hydrogens (tertiary/aromatic N) is 2. The highest BCUT2D eigenvalue weighted by molar-refractivity contribution is 7.99. The number of ether oxygens (including phenoxy) is 3. The van der Waals surface area contributed by atoms with Crippen LogP contribution in [-0.2, 0) is 0 Å². The monoisotopic (exact) mass is 372 g/mol. The van der Waals surface area contributed by atoms with Gasteiger partial charge in [0.1, 0.15) is 17.2 Å². The highest BCUT2D eigenvalue weighted by Crippen LogP contribution is 2.30. The largest absolute Gasteiger partial charge is 0.497 e. The van der Waals surface area contributed by atoms with Gasteiger partial charge in [-0.05, 0) is 30.7 Å². The first-order chi connectivity index (χ1) is 12.7. The van der Waals surface area contributed by atoms with Gasteiger partial charge in [0.25, 0.3) is 5.22 Å². The number of para-hydroxylation sites is 1. The molecule has 3 rings (SSSR count). The summed E-state index contributed by atoms with van der Waals surface area (Å²) in [6.07, 6.45) is 0. The van der Waals surface area contributed by atoms with Gasteiger partial charge in [-0.25, -0.2) is 0 Å². The normalized spacial score (nSPS) is 10.6. The van der Waals surface area contributed by atoms with E-state index in [1.54, 1.807) is 20.3 Å². The van der Waals surface area contributed by atoms with Crippen LogP contribution in [0.3, 0.4) is 0 Å². The summed E-state index contributed by atoms with van der Waals surface area (Å²) in [6, 6.07) is 13.4. The summed E-state index contributed by atoms with van der Waals surface area (Å²) >= 11 is 1.45. The van der Waals surface area contributed by atoms with Crippen LogP contribution in [0.15, 0.2) is 52.1 Å². The van der Waals surface area contributed by atoms with E-state index in [-0.39, 0.29) is 0 Å². The van der Waals surface area contributed by atoms with E-state index < -0.39 is 0 Å². The topological polar surface area (TPSA) is 66.6 Å². The van der Waals surface area contributed by atoms with E-state index in [1.165, 1.54) is 11.8 Å². The molecule has 0 aliphatic rings. The van der Waals surface area contributed by atoms with E-state index in [4.69, 9.17) is 18.6 Å². The van der Waals surface area contributed by atoms with Crippen molar-refractivity contribution in [3.63, 3.8) is 0 Å². The van der Waals surface area contributed by atoms with Gasteiger partial charge in [0, 0.05) is 17.4 Å². The van der Waals surface area contributed by atoms with Crippen LogP contribution < -0.4 is 14.2 Å². The van der Waals surface area contributed by atoms with Crippen LogP contribution in [0.25, 0.3) is 11.5 Å². The number of hydrogen-bond acceptors (Lipinski definition) is 7. The van der Waals surface area contributed by atoms with E-state index in [9.17, 15) is 0 Å². The van der Waals surface area contributed by atoms with Gasteiger partial charge in [-0.1, -0.05) is 30.0 Å². The van der Waals surface area contributed by atoms with Crippen LogP contribution in [-0.4, -0.2) is 36.8 Å². The highest BCUT2D eigenvalue weighted by atomic mass is 32.2. The molecule has 26 heavy (non-hydrogen) atoms. The summed E-state index contributed by atoms with van der Waals surface area (Å²) in [7, 11) is 3.20. The lowest BCUT2D eigenvalue weighted by Crippen LogP contribution is -2.01. The van der Waals surface area contributed by atoms with Crippen molar-refractivity contribution in [3.8, 4) is 28.7 Å². The molecule has 0 fully saturated rings. The van der Waals surface area contributed by atoms with E-state index in [1.807, 2.05) is 43.3 Å². The minimum Gasteiger partial charge on any atom is -0.497 e. The second-order valence-electron chi connectivity index (χ2n) is 5.44. The average Bonchev–Trinajstić information content (AvgIpc) is 3.15. The summed E-state index contributed by atoms with van der Waals surface area (Å²) in [5.41, 5.74) is 1.86. The summed E-state index contributed by atoms with van der Waals surface area (Å²) in [5.74, 6) is 3.35. The third-order valence-electron chi connectivity index (χ3n) is 3.66. The van der Waals surface area contributed by atoms with Crippen molar-refractivity contribution in [2.75, 3.05) is 26.6 Å². The van der Waals surface area contributed by atoms with E-state index in [0.29, 0.717) is 35.0 Å². The highest BCUT2D eigenvalue weighted by Gasteiger charge is 2.12. The Morgan fingerprint density at radius 3 is 2.42 bits per heavy atom. The molecular weight excluding hydrogens is 352 g/mol. The molecule has 1 aromatic heterocycles. The van der Waals surface area contributed by atoms with E-state index in [2.05, 4.69) is 10.2 Å². The predicted molar refractivity (Wildman–Crippen MR) is 100 cm³/mol. The van der Waals surface area contributed by atoms with Crippen molar-refractivity contribution in [2.45, 2.75) is 12.1 Å². The Labute approximate surface area is 156 Å². The van der Waals surface area contributed by atoms with Crippen LogP contribution in [0.2, 0.25) is 0 Å². The second-order valence-corrected chi connectivity index (χ2v) is 6.48. The first kappa shape index (κ1) is 18.1. The zero-order chi connectivity index (χ0) is 18.4. The summed E-state index contributed by atoms with van der Waals surface area (Å²) < 4.78 is 22.0. The Bertz CT molecular complexity index is 844. The summed E-state index contributed by atoms with van der Waals surface area (Å²) in [4.78, 5) is 0. The zero-order valence-corrected chi connectivity index (χ0v) is 15.7. The molecule has 1 heterocycles. The Balaban J connectivity index is 1.59. The fourth-order valence-corrected chi connectivity index (χ4v) is 2.89. The molecule has 0 radical (unpaired) electrons.